The van der Waals surface area contributed by atoms with E-state index >= 15 is 0 Å². The number of aromatic nitrogens is 4. The van der Waals surface area contributed by atoms with E-state index in [0.29, 0.717) is 12.0 Å². The van der Waals surface area contributed by atoms with E-state index in [4.69, 9.17) is 0 Å². The second kappa shape index (κ2) is 6.27. The van der Waals surface area contributed by atoms with E-state index in [1.165, 1.54) is 25.7 Å². The standard InChI is InChI=1S/C13H25N5/c1-10(2)14-9-12-7-5-4-6-11(12)8-13-15-17-18(3)16-13/h10-12,14H,4-9H2,1-3H3. The minimum Gasteiger partial charge on any atom is -0.314 e. The van der Waals surface area contributed by atoms with Crippen LogP contribution in [-0.2, 0) is 13.5 Å². The van der Waals surface area contributed by atoms with Crippen LogP contribution in [0.5, 0.6) is 0 Å². The number of aryl methyl sites for hydroxylation is 1. The fourth-order valence-electron chi connectivity index (χ4n) is 2.85. The van der Waals surface area contributed by atoms with Crippen LogP contribution in [0.25, 0.3) is 0 Å². The van der Waals surface area contributed by atoms with Crippen LogP contribution in [0, 0.1) is 11.8 Å². The van der Waals surface area contributed by atoms with Gasteiger partial charge in [-0.2, -0.15) is 4.80 Å². The summed E-state index contributed by atoms with van der Waals surface area (Å²) in [7, 11) is 1.83. The number of hydrogen-bond acceptors (Lipinski definition) is 4. The summed E-state index contributed by atoms with van der Waals surface area (Å²) in [5, 5.41) is 15.9. The lowest BCUT2D eigenvalue weighted by Gasteiger charge is -2.31. The Balaban J connectivity index is 1.90. The summed E-state index contributed by atoms with van der Waals surface area (Å²) in [5.41, 5.74) is 0. The largest absolute Gasteiger partial charge is 0.314 e. The van der Waals surface area contributed by atoms with Crippen LogP contribution in [0.3, 0.4) is 0 Å². The summed E-state index contributed by atoms with van der Waals surface area (Å²) in [4.78, 5) is 1.56. The van der Waals surface area contributed by atoms with Crippen molar-refractivity contribution < 1.29 is 0 Å². The molecule has 0 radical (unpaired) electrons. The molecular formula is C13H25N5. The van der Waals surface area contributed by atoms with Crippen LogP contribution >= 0.6 is 0 Å². The summed E-state index contributed by atoms with van der Waals surface area (Å²) in [5.74, 6) is 2.39. The number of nitrogens with zero attached hydrogens (tertiary/aromatic N) is 4. The fraction of sp³-hybridized carbons (Fsp3) is 0.923. The van der Waals surface area contributed by atoms with Gasteiger partial charge in [0.1, 0.15) is 0 Å². The van der Waals surface area contributed by atoms with Gasteiger partial charge >= 0.3 is 0 Å². The maximum Gasteiger partial charge on any atom is 0.175 e. The van der Waals surface area contributed by atoms with Crippen molar-refractivity contribution in [2.45, 2.75) is 52.0 Å². The normalized spacial score (nSPS) is 24.7. The van der Waals surface area contributed by atoms with E-state index in [-0.39, 0.29) is 0 Å². The lowest BCUT2D eigenvalue weighted by atomic mass is 9.77. The molecule has 0 spiro atoms. The highest BCUT2D eigenvalue weighted by Gasteiger charge is 2.26. The molecule has 1 N–H and O–H groups in total. The van der Waals surface area contributed by atoms with Gasteiger partial charge in [0.25, 0.3) is 0 Å². The monoisotopic (exact) mass is 251 g/mol. The van der Waals surface area contributed by atoms with Gasteiger partial charge in [-0.3, -0.25) is 0 Å². The Kier molecular flexibility index (Phi) is 4.69. The summed E-state index contributed by atoms with van der Waals surface area (Å²) in [6, 6.07) is 0.571. The van der Waals surface area contributed by atoms with Gasteiger partial charge in [-0.05, 0) is 36.4 Å². The molecule has 1 aromatic heterocycles. The molecule has 1 saturated carbocycles. The van der Waals surface area contributed by atoms with Gasteiger partial charge in [-0.25, -0.2) is 0 Å². The molecule has 1 aromatic rings. The van der Waals surface area contributed by atoms with Gasteiger partial charge in [0.05, 0.1) is 7.05 Å². The SMILES string of the molecule is CC(C)NCC1CCCCC1Cc1nnn(C)n1. The van der Waals surface area contributed by atoms with Crippen molar-refractivity contribution in [3.8, 4) is 0 Å². The number of nitrogens with one attached hydrogen (secondary N) is 1. The third-order valence-electron chi connectivity index (χ3n) is 3.85. The van der Waals surface area contributed by atoms with Gasteiger partial charge in [0.15, 0.2) is 5.82 Å². The van der Waals surface area contributed by atoms with E-state index < -0.39 is 0 Å². The maximum atomic E-state index is 4.31. The second-order valence-electron chi connectivity index (χ2n) is 5.77. The predicted octanol–water partition coefficient (Wildman–Crippen LogP) is 1.56. The van der Waals surface area contributed by atoms with Crippen LogP contribution in [0.4, 0.5) is 0 Å². The van der Waals surface area contributed by atoms with E-state index in [0.717, 1.165) is 24.7 Å². The summed E-state index contributed by atoms with van der Waals surface area (Å²) < 4.78 is 0. The molecule has 0 aromatic carbocycles. The van der Waals surface area contributed by atoms with Crippen LogP contribution in [0.15, 0.2) is 0 Å². The van der Waals surface area contributed by atoms with Crippen molar-refractivity contribution in [3.63, 3.8) is 0 Å². The van der Waals surface area contributed by atoms with Gasteiger partial charge < -0.3 is 5.32 Å². The molecular weight excluding hydrogens is 226 g/mol. The Morgan fingerprint density at radius 2 is 2.00 bits per heavy atom. The van der Waals surface area contributed by atoms with Crippen molar-refractivity contribution in [3.05, 3.63) is 5.82 Å². The Morgan fingerprint density at radius 3 is 2.61 bits per heavy atom. The Bertz CT molecular complexity index is 360. The molecule has 1 aliphatic carbocycles. The van der Waals surface area contributed by atoms with Gasteiger partial charge in [0, 0.05) is 12.5 Å². The first-order chi connectivity index (χ1) is 8.65. The van der Waals surface area contributed by atoms with Crippen LogP contribution in [-0.4, -0.2) is 32.8 Å². The molecule has 2 atom stereocenters. The van der Waals surface area contributed by atoms with Crippen LogP contribution < -0.4 is 5.32 Å². The van der Waals surface area contributed by atoms with Crippen molar-refractivity contribution in [2.75, 3.05) is 6.54 Å². The van der Waals surface area contributed by atoms with Gasteiger partial charge in [-0.15, -0.1) is 10.2 Å². The average Bonchev–Trinajstić information content (AvgIpc) is 2.73. The molecule has 1 aliphatic rings. The molecule has 5 heteroatoms. The van der Waals surface area contributed by atoms with E-state index in [1.54, 1.807) is 4.80 Å². The zero-order chi connectivity index (χ0) is 13.0. The highest BCUT2D eigenvalue weighted by atomic mass is 15.6. The lowest BCUT2D eigenvalue weighted by Crippen LogP contribution is -2.35. The van der Waals surface area contributed by atoms with Crippen molar-refractivity contribution >= 4 is 0 Å². The molecule has 2 rings (SSSR count). The third-order valence-corrected chi connectivity index (χ3v) is 3.85. The fourth-order valence-corrected chi connectivity index (χ4v) is 2.85. The minimum absolute atomic E-state index is 0.571. The summed E-state index contributed by atoms with van der Waals surface area (Å²) >= 11 is 0. The third kappa shape index (κ3) is 3.77. The molecule has 1 fully saturated rings. The summed E-state index contributed by atoms with van der Waals surface area (Å²) in [6.07, 6.45) is 6.35. The molecule has 102 valence electrons. The predicted molar refractivity (Wildman–Crippen MR) is 71.1 cm³/mol. The summed E-state index contributed by atoms with van der Waals surface area (Å²) in [6.45, 7) is 5.55. The first kappa shape index (κ1) is 13.5. The van der Waals surface area contributed by atoms with E-state index in [2.05, 4.69) is 34.6 Å². The Hall–Kier alpha value is -0.970. The molecule has 0 saturated heterocycles. The van der Waals surface area contributed by atoms with Gasteiger partial charge in [-0.1, -0.05) is 26.7 Å². The maximum absolute atomic E-state index is 4.31. The lowest BCUT2D eigenvalue weighted by molar-refractivity contribution is 0.222. The highest BCUT2D eigenvalue weighted by Crippen LogP contribution is 2.31. The van der Waals surface area contributed by atoms with Crippen LogP contribution in [0.1, 0.15) is 45.4 Å². The molecule has 0 amide bonds. The van der Waals surface area contributed by atoms with E-state index in [9.17, 15) is 0 Å². The smallest absolute Gasteiger partial charge is 0.175 e. The molecule has 18 heavy (non-hydrogen) atoms. The zero-order valence-electron chi connectivity index (χ0n) is 11.8. The van der Waals surface area contributed by atoms with Crippen molar-refractivity contribution in [1.29, 1.82) is 0 Å². The zero-order valence-corrected chi connectivity index (χ0v) is 11.8. The first-order valence-electron chi connectivity index (χ1n) is 7.11. The van der Waals surface area contributed by atoms with Crippen molar-refractivity contribution in [1.82, 2.24) is 25.5 Å². The van der Waals surface area contributed by atoms with Gasteiger partial charge in [0.2, 0.25) is 0 Å². The van der Waals surface area contributed by atoms with Crippen LogP contribution in [0.2, 0.25) is 0 Å². The Morgan fingerprint density at radius 1 is 1.28 bits per heavy atom. The Labute approximate surface area is 109 Å². The quantitative estimate of drug-likeness (QED) is 0.863. The highest BCUT2D eigenvalue weighted by molar-refractivity contribution is 4.87. The average molecular weight is 251 g/mol. The molecule has 0 bridgehead atoms. The first-order valence-corrected chi connectivity index (χ1v) is 7.11. The van der Waals surface area contributed by atoms with E-state index in [1.807, 2.05) is 7.05 Å². The van der Waals surface area contributed by atoms with Crippen molar-refractivity contribution in [2.24, 2.45) is 18.9 Å². The second-order valence-corrected chi connectivity index (χ2v) is 5.77. The number of tetrazole rings is 1. The molecule has 0 aliphatic heterocycles. The number of rotatable bonds is 5. The molecule has 5 nitrogen and oxygen atoms in total. The minimum atomic E-state index is 0.571. The topological polar surface area (TPSA) is 55.6 Å². The molecule has 1 heterocycles. The molecule has 2 unspecified atom stereocenters. The number of hydrogen-bond donors (Lipinski definition) is 1.